The summed E-state index contributed by atoms with van der Waals surface area (Å²) in [5, 5.41) is 14.7. The number of benzene rings is 1. The van der Waals surface area contributed by atoms with E-state index in [0.717, 1.165) is 21.8 Å². The van der Waals surface area contributed by atoms with Gasteiger partial charge < -0.3 is 5.11 Å². The Morgan fingerprint density at radius 3 is 2.72 bits per heavy atom. The van der Waals surface area contributed by atoms with Gasteiger partial charge in [-0.25, -0.2) is 0 Å². The summed E-state index contributed by atoms with van der Waals surface area (Å²) < 4.78 is 1.83. The first-order chi connectivity index (χ1) is 8.61. The molecular weight excluding hydrogens is 244 g/mol. The van der Waals surface area contributed by atoms with Crippen molar-refractivity contribution in [1.29, 1.82) is 0 Å². The van der Waals surface area contributed by atoms with Gasteiger partial charge in [-0.05, 0) is 30.9 Å². The molecule has 4 heteroatoms. The zero-order chi connectivity index (χ0) is 13.1. The van der Waals surface area contributed by atoms with Crippen LogP contribution in [0.25, 0.3) is 0 Å². The van der Waals surface area contributed by atoms with Crippen molar-refractivity contribution in [2.75, 3.05) is 6.26 Å². The van der Waals surface area contributed by atoms with Crippen molar-refractivity contribution in [2.24, 2.45) is 7.05 Å². The van der Waals surface area contributed by atoms with Gasteiger partial charge in [-0.15, -0.1) is 11.8 Å². The molecule has 1 aromatic carbocycles. The smallest absolute Gasteiger partial charge is 0.0856 e. The third-order valence-electron chi connectivity index (χ3n) is 3.00. The van der Waals surface area contributed by atoms with E-state index in [0.29, 0.717) is 6.42 Å². The van der Waals surface area contributed by atoms with E-state index in [-0.39, 0.29) is 0 Å². The van der Waals surface area contributed by atoms with Crippen molar-refractivity contribution in [3.63, 3.8) is 0 Å². The molecule has 3 nitrogen and oxygen atoms in total. The van der Waals surface area contributed by atoms with Crippen LogP contribution >= 0.6 is 11.8 Å². The fourth-order valence-electron chi connectivity index (χ4n) is 2.11. The number of rotatable bonds is 4. The average molecular weight is 262 g/mol. The topological polar surface area (TPSA) is 38.1 Å². The quantitative estimate of drug-likeness (QED) is 0.861. The molecular formula is C14H18N2OS. The predicted molar refractivity (Wildman–Crippen MR) is 74.8 cm³/mol. The highest BCUT2D eigenvalue weighted by Crippen LogP contribution is 2.27. The number of aliphatic hydroxyl groups excluding tert-OH is 1. The van der Waals surface area contributed by atoms with Crippen molar-refractivity contribution in [3.05, 3.63) is 47.3 Å². The summed E-state index contributed by atoms with van der Waals surface area (Å²) in [5.74, 6) is 0. The SMILES string of the molecule is CSc1ccccc1C(O)Cc1cc(C)nn1C. The van der Waals surface area contributed by atoms with Crippen LogP contribution in [-0.4, -0.2) is 21.1 Å². The molecule has 0 aliphatic rings. The first kappa shape index (κ1) is 13.2. The van der Waals surface area contributed by atoms with Gasteiger partial charge in [0.25, 0.3) is 0 Å². The fourth-order valence-corrected chi connectivity index (χ4v) is 2.76. The third kappa shape index (κ3) is 2.76. The largest absolute Gasteiger partial charge is 0.388 e. The Kier molecular flexibility index (Phi) is 4.09. The lowest BCUT2D eigenvalue weighted by molar-refractivity contribution is 0.173. The lowest BCUT2D eigenvalue weighted by Gasteiger charge is -2.14. The number of hydrogen-bond donors (Lipinski definition) is 1. The molecule has 18 heavy (non-hydrogen) atoms. The minimum atomic E-state index is -0.483. The second-order valence-electron chi connectivity index (χ2n) is 4.36. The number of hydrogen-bond acceptors (Lipinski definition) is 3. The highest BCUT2D eigenvalue weighted by atomic mass is 32.2. The fraction of sp³-hybridized carbons (Fsp3) is 0.357. The van der Waals surface area contributed by atoms with Crippen LogP contribution in [0, 0.1) is 6.92 Å². The number of nitrogens with zero attached hydrogens (tertiary/aromatic N) is 2. The maximum atomic E-state index is 10.4. The Morgan fingerprint density at radius 1 is 1.39 bits per heavy atom. The van der Waals surface area contributed by atoms with Crippen molar-refractivity contribution < 1.29 is 5.11 Å². The van der Waals surface area contributed by atoms with Gasteiger partial charge in [0.2, 0.25) is 0 Å². The number of aryl methyl sites for hydroxylation is 2. The van der Waals surface area contributed by atoms with E-state index in [4.69, 9.17) is 0 Å². The van der Waals surface area contributed by atoms with Crippen LogP contribution < -0.4 is 0 Å². The predicted octanol–water partition coefficient (Wildman–Crippen LogP) is 2.73. The van der Waals surface area contributed by atoms with Gasteiger partial charge in [0.05, 0.1) is 11.8 Å². The van der Waals surface area contributed by atoms with E-state index in [1.807, 2.05) is 55.2 Å². The van der Waals surface area contributed by atoms with Gasteiger partial charge in [-0.1, -0.05) is 18.2 Å². The maximum Gasteiger partial charge on any atom is 0.0856 e. The minimum absolute atomic E-state index is 0.483. The van der Waals surface area contributed by atoms with Crippen molar-refractivity contribution in [3.8, 4) is 0 Å². The summed E-state index contributed by atoms with van der Waals surface area (Å²) in [5.41, 5.74) is 3.03. The Bertz CT molecular complexity index is 536. The van der Waals surface area contributed by atoms with Crippen molar-refractivity contribution >= 4 is 11.8 Å². The maximum absolute atomic E-state index is 10.4. The first-order valence-electron chi connectivity index (χ1n) is 5.92. The zero-order valence-corrected chi connectivity index (χ0v) is 11.7. The molecule has 0 saturated carbocycles. The minimum Gasteiger partial charge on any atom is -0.388 e. The highest BCUT2D eigenvalue weighted by molar-refractivity contribution is 7.98. The standard InChI is InChI=1S/C14H18N2OS/c1-10-8-11(16(2)15-10)9-13(17)12-6-4-5-7-14(12)18-3/h4-8,13,17H,9H2,1-3H3. The number of thioether (sulfide) groups is 1. The molecule has 0 fully saturated rings. The van der Waals surface area contributed by atoms with Gasteiger partial charge in [-0.3, -0.25) is 4.68 Å². The molecule has 1 heterocycles. The zero-order valence-electron chi connectivity index (χ0n) is 10.9. The van der Waals surface area contributed by atoms with Crippen LogP contribution in [0.3, 0.4) is 0 Å². The Labute approximate surface area is 112 Å². The molecule has 2 aromatic rings. The molecule has 0 saturated heterocycles. The normalized spacial score (nSPS) is 12.7. The van der Waals surface area contributed by atoms with Crippen LogP contribution in [-0.2, 0) is 13.5 Å². The molecule has 0 aliphatic heterocycles. The second-order valence-corrected chi connectivity index (χ2v) is 5.21. The summed E-state index contributed by atoms with van der Waals surface area (Å²) >= 11 is 1.66. The van der Waals surface area contributed by atoms with E-state index < -0.39 is 6.10 Å². The second kappa shape index (κ2) is 5.59. The molecule has 0 spiro atoms. The molecule has 0 radical (unpaired) electrons. The van der Waals surface area contributed by atoms with Crippen molar-refractivity contribution in [1.82, 2.24) is 9.78 Å². The molecule has 0 aliphatic carbocycles. The molecule has 1 aromatic heterocycles. The molecule has 1 N–H and O–H groups in total. The van der Waals surface area contributed by atoms with E-state index in [1.165, 1.54) is 0 Å². The molecule has 96 valence electrons. The van der Waals surface area contributed by atoms with Crippen LogP contribution in [0.2, 0.25) is 0 Å². The number of aromatic nitrogens is 2. The molecule has 1 atom stereocenters. The van der Waals surface area contributed by atoms with E-state index in [9.17, 15) is 5.11 Å². The average Bonchev–Trinajstić information content (AvgIpc) is 2.67. The van der Waals surface area contributed by atoms with E-state index in [1.54, 1.807) is 11.8 Å². The van der Waals surface area contributed by atoms with Gasteiger partial charge in [0.15, 0.2) is 0 Å². The van der Waals surface area contributed by atoms with Crippen LogP contribution in [0.15, 0.2) is 35.2 Å². The van der Waals surface area contributed by atoms with Gasteiger partial charge in [0.1, 0.15) is 0 Å². The lowest BCUT2D eigenvalue weighted by Crippen LogP contribution is -2.07. The van der Waals surface area contributed by atoms with Gasteiger partial charge in [0, 0.05) is 24.1 Å². The third-order valence-corrected chi connectivity index (χ3v) is 3.81. The Hall–Kier alpha value is -1.26. The Morgan fingerprint density at radius 2 is 2.11 bits per heavy atom. The summed E-state index contributed by atoms with van der Waals surface area (Å²) in [4.78, 5) is 1.13. The van der Waals surface area contributed by atoms with Crippen LogP contribution in [0.4, 0.5) is 0 Å². The summed E-state index contributed by atoms with van der Waals surface area (Å²) in [6, 6.07) is 10.0. The molecule has 1 unspecified atom stereocenters. The van der Waals surface area contributed by atoms with Gasteiger partial charge >= 0.3 is 0 Å². The molecule has 0 bridgehead atoms. The summed E-state index contributed by atoms with van der Waals surface area (Å²) in [7, 11) is 1.91. The van der Waals surface area contributed by atoms with E-state index in [2.05, 4.69) is 5.10 Å². The Balaban J connectivity index is 2.21. The number of aliphatic hydroxyl groups is 1. The van der Waals surface area contributed by atoms with Crippen LogP contribution in [0.1, 0.15) is 23.1 Å². The van der Waals surface area contributed by atoms with E-state index >= 15 is 0 Å². The summed E-state index contributed by atoms with van der Waals surface area (Å²) in [6.45, 7) is 1.96. The monoisotopic (exact) mass is 262 g/mol. The summed E-state index contributed by atoms with van der Waals surface area (Å²) in [6.07, 6.45) is 2.14. The lowest BCUT2D eigenvalue weighted by atomic mass is 10.0. The van der Waals surface area contributed by atoms with Crippen molar-refractivity contribution in [2.45, 2.75) is 24.3 Å². The van der Waals surface area contributed by atoms with Gasteiger partial charge in [-0.2, -0.15) is 5.10 Å². The molecule has 2 rings (SSSR count). The van der Waals surface area contributed by atoms with Crippen LogP contribution in [0.5, 0.6) is 0 Å². The highest BCUT2D eigenvalue weighted by Gasteiger charge is 2.14. The molecule has 0 amide bonds. The first-order valence-corrected chi connectivity index (χ1v) is 7.14.